The predicted molar refractivity (Wildman–Crippen MR) is 126 cm³/mol. The molecule has 1 unspecified atom stereocenters. The van der Waals surface area contributed by atoms with Gasteiger partial charge >= 0.3 is 0 Å². The van der Waals surface area contributed by atoms with Gasteiger partial charge in [-0.25, -0.2) is 4.39 Å². The monoisotopic (exact) mass is 406 g/mol. The molecule has 0 bridgehead atoms. The largest absolute Gasteiger partial charge is 0.207 e. The summed E-state index contributed by atoms with van der Waals surface area (Å²) >= 11 is 0. The van der Waals surface area contributed by atoms with Crippen molar-refractivity contribution in [1.29, 1.82) is 0 Å². The summed E-state index contributed by atoms with van der Waals surface area (Å²) in [5.41, 5.74) is 3.80. The molecule has 4 rings (SSSR count). The van der Waals surface area contributed by atoms with E-state index in [2.05, 4.69) is 31.2 Å². The van der Waals surface area contributed by atoms with Gasteiger partial charge in [0.2, 0.25) is 0 Å². The maximum absolute atomic E-state index is 13.2. The lowest BCUT2D eigenvalue weighted by atomic mass is 9.63. The molecule has 0 amide bonds. The van der Waals surface area contributed by atoms with Gasteiger partial charge in [0.25, 0.3) is 0 Å². The van der Waals surface area contributed by atoms with Gasteiger partial charge in [0.15, 0.2) is 0 Å². The van der Waals surface area contributed by atoms with E-state index >= 15 is 0 Å². The van der Waals surface area contributed by atoms with Crippen LogP contribution in [0.25, 0.3) is 11.1 Å². The first-order valence-electron chi connectivity index (χ1n) is 12.6. The van der Waals surface area contributed by atoms with E-state index in [1.807, 2.05) is 12.1 Å². The van der Waals surface area contributed by atoms with Crippen molar-refractivity contribution in [3.63, 3.8) is 0 Å². The minimum Gasteiger partial charge on any atom is -0.207 e. The maximum atomic E-state index is 13.2. The van der Waals surface area contributed by atoms with Crippen LogP contribution in [0.4, 0.5) is 4.39 Å². The van der Waals surface area contributed by atoms with Crippen molar-refractivity contribution in [1.82, 2.24) is 0 Å². The first-order chi connectivity index (χ1) is 14.7. The zero-order chi connectivity index (χ0) is 20.8. The number of hydrogen-bond acceptors (Lipinski definition) is 0. The predicted octanol–water partition coefficient (Wildman–Crippen LogP) is 9.15. The Morgan fingerprint density at radius 1 is 0.700 bits per heavy atom. The second-order valence-electron chi connectivity index (χ2n) is 10.0. The van der Waals surface area contributed by atoms with Gasteiger partial charge in [-0.2, -0.15) is 0 Å². The third kappa shape index (κ3) is 5.54. The molecule has 2 aliphatic rings. The minimum absolute atomic E-state index is 0.168. The number of halogens is 1. The number of rotatable bonds is 8. The van der Waals surface area contributed by atoms with E-state index < -0.39 is 0 Å². The molecule has 0 nitrogen and oxygen atoms in total. The minimum atomic E-state index is -0.168. The molecule has 1 heteroatoms. The molecule has 162 valence electrons. The highest BCUT2D eigenvalue weighted by Crippen LogP contribution is 2.48. The van der Waals surface area contributed by atoms with Crippen LogP contribution in [-0.2, 0) is 0 Å². The van der Waals surface area contributed by atoms with E-state index in [-0.39, 0.29) is 5.82 Å². The van der Waals surface area contributed by atoms with Crippen LogP contribution in [-0.4, -0.2) is 0 Å². The van der Waals surface area contributed by atoms with Gasteiger partial charge in [-0.15, -0.1) is 0 Å². The molecule has 4 atom stereocenters. The van der Waals surface area contributed by atoms with Crippen LogP contribution in [0.5, 0.6) is 0 Å². The van der Waals surface area contributed by atoms with Crippen molar-refractivity contribution in [2.45, 2.75) is 89.9 Å². The molecule has 0 spiro atoms. The smallest absolute Gasteiger partial charge is 0.123 e. The summed E-state index contributed by atoms with van der Waals surface area (Å²) in [6, 6.07) is 15.9. The Hall–Kier alpha value is -1.63. The summed E-state index contributed by atoms with van der Waals surface area (Å²) in [4.78, 5) is 0. The molecule has 2 aliphatic carbocycles. The van der Waals surface area contributed by atoms with Crippen LogP contribution in [0.2, 0.25) is 0 Å². The van der Waals surface area contributed by atoms with E-state index in [0.29, 0.717) is 0 Å². The van der Waals surface area contributed by atoms with Gasteiger partial charge in [-0.05, 0) is 84.6 Å². The fourth-order valence-electron chi connectivity index (χ4n) is 6.18. The van der Waals surface area contributed by atoms with Crippen LogP contribution in [0, 0.1) is 23.6 Å². The third-order valence-corrected chi connectivity index (χ3v) is 8.00. The van der Waals surface area contributed by atoms with E-state index in [1.165, 1.54) is 88.2 Å². The summed E-state index contributed by atoms with van der Waals surface area (Å²) in [6.07, 6.45) is 17.3. The SMILES string of the molecule is CCCCCCCC1CC[C@@H]2C[C@H](c3ccc(-c4ccc(F)cc4)cc3)CC[C@@H]2C1. The topological polar surface area (TPSA) is 0 Å². The van der Waals surface area contributed by atoms with Crippen molar-refractivity contribution in [3.8, 4) is 11.1 Å². The molecule has 0 saturated heterocycles. The number of benzene rings is 2. The first kappa shape index (κ1) is 21.6. The number of unbranched alkanes of at least 4 members (excludes halogenated alkanes) is 4. The molecule has 0 N–H and O–H groups in total. The highest BCUT2D eigenvalue weighted by molar-refractivity contribution is 5.63. The second-order valence-corrected chi connectivity index (χ2v) is 10.0. The number of hydrogen-bond donors (Lipinski definition) is 0. The van der Waals surface area contributed by atoms with Gasteiger partial charge in [0.05, 0.1) is 0 Å². The molecule has 2 aromatic rings. The molecule has 30 heavy (non-hydrogen) atoms. The molecule has 2 saturated carbocycles. The molecule has 0 aromatic heterocycles. The summed E-state index contributed by atoms with van der Waals surface area (Å²) in [6.45, 7) is 2.30. The van der Waals surface area contributed by atoms with Crippen LogP contribution >= 0.6 is 0 Å². The van der Waals surface area contributed by atoms with Gasteiger partial charge in [-0.1, -0.05) is 88.3 Å². The zero-order valence-corrected chi connectivity index (χ0v) is 18.8. The molecular formula is C29H39F. The van der Waals surface area contributed by atoms with E-state index in [1.54, 1.807) is 12.1 Å². The Bertz CT molecular complexity index is 760. The quantitative estimate of drug-likeness (QED) is 0.383. The van der Waals surface area contributed by atoms with Crippen molar-refractivity contribution in [2.75, 3.05) is 0 Å². The zero-order valence-electron chi connectivity index (χ0n) is 18.8. The molecule has 2 fully saturated rings. The number of fused-ring (bicyclic) bond motifs is 1. The van der Waals surface area contributed by atoms with E-state index in [4.69, 9.17) is 0 Å². The van der Waals surface area contributed by atoms with Gasteiger partial charge in [0.1, 0.15) is 5.82 Å². The Morgan fingerprint density at radius 3 is 2.07 bits per heavy atom. The highest BCUT2D eigenvalue weighted by atomic mass is 19.1. The maximum Gasteiger partial charge on any atom is 0.123 e. The molecule has 2 aromatic carbocycles. The normalized spacial score (nSPS) is 26.3. The first-order valence-corrected chi connectivity index (χ1v) is 12.6. The molecular weight excluding hydrogens is 367 g/mol. The highest BCUT2D eigenvalue weighted by Gasteiger charge is 2.35. The van der Waals surface area contributed by atoms with Gasteiger partial charge < -0.3 is 0 Å². The Kier molecular flexibility index (Phi) is 7.63. The van der Waals surface area contributed by atoms with Crippen molar-refractivity contribution < 1.29 is 4.39 Å². The average molecular weight is 407 g/mol. The summed E-state index contributed by atoms with van der Waals surface area (Å²) in [5.74, 6) is 3.53. The Labute approximate surface area is 183 Å². The Morgan fingerprint density at radius 2 is 1.33 bits per heavy atom. The molecule has 0 heterocycles. The van der Waals surface area contributed by atoms with E-state index in [0.717, 1.165) is 29.2 Å². The van der Waals surface area contributed by atoms with Crippen LogP contribution < -0.4 is 0 Å². The molecule has 0 aliphatic heterocycles. The second kappa shape index (κ2) is 10.6. The lowest BCUT2D eigenvalue weighted by Gasteiger charge is -2.42. The average Bonchev–Trinajstić information content (AvgIpc) is 2.79. The van der Waals surface area contributed by atoms with Crippen molar-refractivity contribution >= 4 is 0 Å². The summed E-state index contributed by atoms with van der Waals surface area (Å²) < 4.78 is 13.2. The Balaban J connectivity index is 1.27. The standard InChI is InChI=1S/C29H39F/c1-2-3-4-5-6-7-22-8-9-28-21-27(15-14-26(28)20-22)25-12-10-23(11-13-25)24-16-18-29(30)19-17-24/h10-13,16-19,22,26-28H,2-9,14-15,20-21H2,1H3/t22?,26-,27-,28-/m1/s1. The van der Waals surface area contributed by atoms with Gasteiger partial charge in [0, 0.05) is 0 Å². The lowest BCUT2D eigenvalue weighted by Crippen LogP contribution is -2.30. The third-order valence-electron chi connectivity index (χ3n) is 8.00. The summed E-state index contributed by atoms with van der Waals surface area (Å²) in [5, 5.41) is 0. The fourth-order valence-corrected chi connectivity index (χ4v) is 6.18. The van der Waals surface area contributed by atoms with Crippen LogP contribution in [0.15, 0.2) is 48.5 Å². The van der Waals surface area contributed by atoms with Crippen LogP contribution in [0.3, 0.4) is 0 Å². The van der Waals surface area contributed by atoms with Gasteiger partial charge in [-0.3, -0.25) is 0 Å². The molecule has 0 radical (unpaired) electrons. The lowest BCUT2D eigenvalue weighted by molar-refractivity contribution is 0.113. The fraction of sp³-hybridized carbons (Fsp3) is 0.586. The van der Waals surface area contributed by atoms with Crippen LogP contribution in [0.1, 0.15) is 95.5 Å². The summed E-state index contributed by atoms with van der Waals surface area (Å²) in [7, 11) is 0. The van der Waals surface area contributed by atoms with E-state index in [9.17, 15) is 4.39 Å². The van der Waals surface area contributed by atoms with Crippen molar-refractivity contribution in [2.24, 2.45) is 17.8 Å². The van der Waals surface area contributed by atoms with Crippen molar-refractivity contribution in [3.05, 3.63) is 59.9 Å².